The highest BCUT2D eigenvalue weighted by molar-refractivity contribution is 7.10. The monoisotopic (exact) mass is 291 g/mol. The highest BCUT2D eigenvalue weighted by Gasteiger charge is 2.13. The molecule has 2 rings (SSSR count). The lowest BCUT2D eigenvalue weighted by molar-refractivity contribution is -0.123. The van der Waals surface area contributed by atoms with Crippen molar-refractivity contribution in [3.8, 4) is 5.75 Å². The third-order valence-corrected chi connectivity index (χ3v) is 3.93. The van der Waals surface area contributed by atoms with Crippen LogP contribution in [0.2, 0.25) is 0 Å². The highest BCUT2D eigenvalue weighted by atomic mass is 32.1. The van der Waals surface area contributed by atoms with Gasteiger partial charge in [-0.25, -0.2) is 0 Å². The predicted molar refractivity (Wildman–Crippen MR) is 79.0 cm³/mol. The molecule has 4 nitrogen and oxygen atoms in total. The Hall–Kier alpha value is -1.85. The number of carbonyl (C=O) groups is 1. The van der Waals surface area contributed by atoms with E-state index in [2.05, 4.69) is 5.32 Å². The summed E-state index contributed by atoms with van der Waals surface area (Å²) in [5.74, 6) is 0.402. The topological polar surface area (TPSA) is 58.6 Å². The van der Waals surface area contributed by atoms with Crippen LogP contribution >= 0.6 is 11.3 Å². The number of aliphatic hydroxyl groups excluding tert-OH is 1. The van der Waals surface area contributed by atoms with Crippen molar-refractivity contribution in [2.45, 2.75) is 13.0 Å². The Morgan fingerprint density at radius 1 is 1.35 bits per heavy atom. The van der Waals surface area contributed by atoms with Gasteiger partial charge in [0.2, 0.25) is 0 Å². The second-order valence-electron chi connectivity index (χ2n) is 4.39. The van der Waals surface area contributed by atoms with E-state index in [0.29, 0.717) is 5.75 Å². The van der Waals surface area contributed by atoms with Crippen LogP contribution < -0.4 is 10.1 Å². The molecule has 0 fully saturated rings. The summed E-state index contributed by atoms with van der Waals surface area (Å²) >= 11 is 1.49. The van der Waals surface area contributed by atoms with E-state index in [1.165, 1.54) is 11.3 Å². The zero-order valence-corrected chi connectivity index (χ0v) is 12.0. The third kappa shape index (κ3) is 4.08. The lowest BCUT2D eigenvalue weighted by Crippen LogP contribution is -2.32. The van der Waals surface area contributed by atoms with Crippen molar-refractivity contribution in [2.75, 3.05) is 13.2 Å². The van der Waals surface area contributed by atoms with Gasteiger partial charge in [0.15, 0.2) is 6.61 Å². The van der Waals surface area contributed by atoms with Crippen molar-refractivity contribution in [1.82, 2.24) is 5.32 Å². The first-order valence-corrected chi connectivity index (χ1v) is 7.21. The summed E-state index contributed by atoms with van der Waals surface area (Å²) in [5.41, 5.74) is 1.04. The number of hydrogen-bond donors (Lipinski definition) is 2. The highest BCUT2D eigenvalue weighted by Crippen LogP contribution is 2.23. The Balaban J connectivity index is 1.74. The van der Waals surface area contributed by atoms with Crippen LogP contribution in [0.15, 0.2) is 41.8 Å². The minimum absolute atomic E-state index is 0.0554. The van der Waals surface area contributed by atoms with Gasteiger partial charge in [0, 0.05) is 11.4 Å². The van der Waals surface area contributed by atoms with Crippen LogP contribution in [-0.2, 0) is 4.79 Å². The number of rotatable bonds is 6. The number of carbonyl (C=O) groups excluding carboxylic acids is 1. The van der Waals surface area contributed by atoms with Gasteiger partial charge >= 0.3 is 0 Å². The van der Waals surface area contributed by atoms with Gasteiger partial charge in [-0.15, -0.1) is 11.3 Å². The van der Waals surface area contributed by atoms with Crippen molar-refractivity contribution in [3.05, 3.63) is 52.2 Å². The van der Waals surface area contributed by atoms with Gasteiger partial charge in [0.25, 0.3) is 5.91 Å². The van der Waals surface area contributed by atoms with Crippen molar-refractivity contribution in [3.63, 3.8) is 0 Å². The van der Waals surface area contributed by atoms with Gasteiger partial charge < -0.3 is 15.2 Å². The van der Waals surface area contributed by atoms with Crippen LogP contribution in [0, 0.1) is 6.92 Å². The van der Waals surface area contributed by atoms with Gasteiger partial charge in [-0.05, 0) is 36.1 Å². The number of ether oxygens (including phenoxy) is 1. The van der Waals surface area contributed by atoms with Gasteiger partial charge in [-0.2, -0.15) is 0 Å². The largest absolute Gasteiger partial charge is 0.484 e. The molecule has 1 aromatic heterocycles. The molecule has 1 heterocycles. The minimum atomic E-state index is -0.671. The summed E-state index contributed by atoms with van der Waals surface area (Å²) in [6, 6.07) is 11.1. The maximum absolute atomic E-state index is 11.6. The Morgan fingerprint density at radius 2 is 2.10 bits per heavy atom. The first kappa shape index (κ1) is 14.6. The molecule has 0 aliphatic carbocycles. The normalized spacial score (nSPS) is 11.9. The first-order chi connectivity index (χ1) is 9.66. The van der Waals surface area contributed by atoms with E-state index in [-0.39, 0.29) is 19.1 Å². The van der Waals surface area contributed by atoms with E-state index in [0.717, 1.165) is 10.4 Å². The van der Waals surface area contributed by atoms with Crippen LogP contribution in [-0.4, -0.2) is 24.2 Å². The second kappa shape index (κ2) is 7.07. The average molecular weight is 291 g/mol. The maximum Gasteiger partial charge on any atom is 0.258 e. The molecule has 0 aliphatic heterocycles. The molecule has 0 saturated heterocycles. The number of thiophene rings is 1. The molecule has 5 heteroatoms. The quantitative estimate of drug-likeness (QED) is 0.858. The van der Waals surface area contributed by atoms with Crippen LogP contribution in [0.1, 0.15) is 16.5 Å². The molecule has 0 bridgehead atoms. The van der Waals surface area contributed by atoms with Crippen LogP contribution in [0.3, 0.4) is 0 Å². The molecule has 0 radical (unpaired) electrons. The second-order valence-corrected chi connectivity index (χ2v) is 5.34. The zero-order chi connectivity index (χ0) is 14.4. The smallest absolute Gasteiger partial charge is 0.258 e. The van der Waals surface area contributed by atoms with E-state index in [1.807, 2.05) is 36.6 Å². The lowest BCUT2D eigenvalue weighted by Gasteiger charge is -2.12. The number of nitrogens with one attached hydrogen (secondary N) is 1. The van der Waals surface area contributed by atoms with Gasteiger partial charge in [-0.3, -0.25) is 4.79 Å². The van der Waals surface area contributed by atoms with Crippen LogP contribution in [0.4, 0.5) is 0 Å². The lowest BCUT2D eigenvalue weighted by atomic mass is 10.2. The summed E-state index contributed by atoms with van der Waals surface area (Å²) in [4.78, 5) is 12.5. The van der Waals surface area contributed by atoms with Crippen molar-refractivity contribution >= 4 is 17.2 Å². The standard InChI is InChI=1S/C15H17NO3S/c1-11-7-8-20-15(11)13(17)9-16-14(18)10-19-12-5-3-2-4-6-12/h2-8,13,17H,9-10H2,1H3,(H,16,18)/t13-/m0/s1. The molecule has 1 atom stereocenters. The average Bonchev–Trinajstić information content (AvgIpc) is 2.90. The van der Waals surface area contributed by atoms with E-state index in [1.54, 1.807) is 12.1 Å². The molecule has 0 saturated carbocycles. The summed E-state index contributed by atoms with van der Waals surface area (Å²) in [6.07, 6.45) is -0.671. The molecule has 1 amide bonds. The maximum atomic E-state index is 11.6. The summed E-state index contributed by atoms with van der Waals surface area (Å²) in [6.45, 7) is 2.08. The minimum Gasteiger partial charge on any atom is -0.484 e. The molecule has 106 valence electrons. The molecular weight excluding hydrogens is 274 g/mol. The van der Waals surface area contributed by atoms with Crippen LogP contribution in [0.25, 0.3) is 0 Å². The van der Waals surface area contributed by atoms with Crippen molar-refractivity contribution in [2.24, 2.45) is 0 Å². The van der Waals surface area contributed by atoms with E-state index >= 15 is 0 Å². The number of hydrogen-bond acceptors (Lipinski definition) is 4. The van der Waals surface area contributed by atoms with E-state index < -0.39 is 6.10 Å². The van der Waals surface area contributed by atoms with E-state index in [9.17, 15) is 9.90 Å². The molecule has 20 heavy (non-hydrogen) atoms. The molecular formula is C15H17NO3S. The number of amides is 1. The summed E-state index contributed by atoms with van der Waals surface area (Å²) in [7, 11) is 0. The molecule has 1 aromatic carbocycles. The molecule has 0 aliphatic rings. The SMILES string of the molecule is Cc1ccsc1[C@@H](O)CNC(=O)COc1ccccc1. The molecule has 0 spiro atoms. The van der Waals surface area contributed by atoms with E-state index in [4.69, 9.17) is 4.74 Å². The number of para-hydroxylation sites is 1. The Kier molecular flexibility index (Phi) is 5.15. The van der Waals surface area contributed by atoms with Gasteiger partial charge in [-0.1, -0.05) is 18.2 Å². The fourth-order valence-corrected chi connectivity index (χ4v) is 2.66. The van der Waals surface area contributed by atoms with Crippen LogP contribution in [0.5, 0.6) is 5.75 Å². The number of benzene rings is 1. The zero-order valence-electron chi connectivity index (χ0n) is 11.2. The number of aryl methyl sites for hydroxylation is 1. The molecule has 2 N–H and O–H groups in total. The fraction of sp³-hybridized carbons (Fsp3) is 0.267. The van der Waals surface area contributed by atoms with Crippen molar-refractivity contribution < 1.29 is 14.6 Å². The molecule has 0 unspecified atom stereocenters. The van der Waals surface area contributed by atoms with Gasteiger partial charge in [0.1, 0.15) is 11.9 Å². The predicted octanol–water partition coefficient (Wildman–Crippen LogP) is 2.29. The van der Waals surface area contributed by atoms with Gasteiger partial charge in [0.05, 0.1) is 0 Å². The van der Waals surface area contributed by atoms with Crippen molar-refractivity contribution in [1.29, 1.82) is 0 Å². The first-order valence-electron chi connectivity index (χ1n) is 6.33. The summed E-state index contributed by atoms with van der Waals surface area (Å²) in [5, 5.41) is 14.6. The molecule has 2 aromatic rings. The third-order valence-electron chi connectivity index (χ3n) is 2.81. The Morgan fingerprint density at radius 3 is 2.75 bits per heavy atom. The summed E-state index contributed by atoms with van der Waals surface area (Å²) < 4.78 is 5.32. The fourth-order valence-electron chi connectivity index (χ4n) is 1.75. The Labute approximate surface area is 122 Å². The number of aliphatic hydroxyl groups is 1. The Bertz CT molecular complexity index is 553.